The van der Waals surface area contributed by atoms with E-state index in [0.29, 0.717) is 21.6 Å². The number of urea groups is 1. The van der Waals surface area contributed by atoms with Gasteiger partial charge in [0.15, 0.2) is 5.17 Å². The van der Waals surface area contributed by atoms with Crippen LogP contribution in [0.2, 0.25) is 5.02 Å². The van der Waals surface area contributed by atoms with Gasteiger partial charge < -0.3 is 5.32 Å². The van der Waals surface area contributed by atoms with Crippen LogP contribution in [0.4, 0.5) is 16.2 Å². The standard InChI is InChI=1S/C17H14ClN3O2S/c1-11-2-8-14(9-3-11)21-15(22)10-24-17(21)20-16(23)19-13-6-4-12(18)5-7-13/h2-9H,10H2,1H3,(H,19,23). The molecule has 7 heteroatoms. The normalized spacial score (nSPS) is 15.8. The molecule has 1 aliphatic rings. The number of amides is 3. The number of aliphatic imine (C=N–C) groups is 1. The van der Waals surface area contributed by atoms with E-state index in [2.05, 4.69) is 10.3 Å². The van der Waals surface area contributed by atoms with Crippen LogP contribution < -0.4 is 10.2 Å². The van der Waals surface area contributed by atoms with Crippen molar-refractivity contribution < 1.29 is 9.59 Å². The SMILES string of the molecule is Cc1ccc(N2C(=O)CSC2=NC(=O)Nc2ccc(Cl)cc2)cc1. The number of anilines is 2. The Labute approximate surface area is 148 Å². The second kappa shape index (κ2) is 7.07. The third-order valence-electron chi connectivity index (χ3n) is 3.35. The summed E-state index contributed by atoms with van der Waals surface area (Å²) in [6.45, 7) is 1.97. The summed E-state index contributed by atoms with van der Waals surface area (Å²) in [5.41, 5.74) is 2.38. The van der Waals surface area contributed by atoms with E-state index in [1.165, 1.54) is 16.7 Å². The van der Waals surface area contributed by atoms with Crippen LogP contribution in [0.3, 0.4) is 0 Å². The van der Waals surface area contributed by atoms with Crippen LogP contribution in [0.25, 0.3) is 0 Å². The highest BCUT2D eigenvalue weighted by molar-refractivity contribution is 8.15. The molecule has 122 valence electrons. The number of nitrogens with one attached hydrogen (secondary N) is 1. The van der Waals surface area contributed by atoms with E-state index in [4.69, 9.17) is 11.6 Å². The second-order valence-corrected chi connectivity index (χ2v) is 6.56. The number of hydrogen-bond acceptors (Lipinski definition) is 3. The molecule has 1 N–H and O–H groups in total. The van der Waals surface area contributed by atoms with E-state index >= 15 is 0 Å². The van der Waals surface area contributed by atoms with Gasteiger partial charge in [-0.15, -0.1) is 0 Å². The van der Waals surface area contributed by atoms with Crippen molar-refractivity contribution in [3.63, 3.8) is 0 Å². The fraction of sp³-hybridized carbons (Fsp3) is 0.118. The van der Waals surface area contributed by atoms with Crippen LogP contribution in [0.15, 0.2) is 53.5 Å². The zero-order chi connectivity index (χ0) is 17.1. The van der Waals surface area contributed by atoms with Gasteiger partial charge in [0.25, 0.3) is 0 Å². The first-order chi connectivity index (χ1) is 11.5. The van der Waals surface area contributed by atoms with Gasteiger partial charge in [0.1, 0.15) is 0 Å². The molecule has 0 aliphatic carbocycles. The Bertz CT molecular complexity index is 804. The molecule has 0 bridgehead atoms. The topological polar surface area (TPSA) is 61.8 Å². The summed E-state index contributed by atoms with van der Waals surface area (Å²) in [5, 5.41) is 3.61. The molecule has 1 saturated heterocycles. The molecular weight excluding hydrogens is 346 g/mol. The minimum Gasteiger partial charge on any atom is -0.306 e. The predicted molar refractivity (Wildman–Crippen MR) is 99.0 cm³/mol. The molecule has 3 amide bonds. The number of amidine groups is 1. The van der Waals surface area contributed by atoms with E-state index < -0.39 is 6.03 Å². The Kier molecular flexibility index (Phi) is 4.87. The Morgan fingerprint density at radius 3 is 2.50 bits per heavy atom. The number of aryl methyl sites for hydroxylation is 1. The highest BCUT2D eigenvalue weighted by atomic mass is 35.5. The highest BCUT2D eigenvalue weighted by Gasteiger charge is 2.30. The van der Waals surface area contributed by atoms with Crippen molar-refractivity contribution >= 4 is 51.8 Å². The van der Waals surface area contributed by atoms with Crippen LogP contribution in [0, 0.1) is 6.92 Å². The quantitative estimate of drug-likeness (QED) is 0.868. The maximum atomic E-state index is 12.1. The average molecular weight is 360 g/mol. The van der Waals surface area contributed by atoms with Crippen molar-refractivity contribution in [2.45, 2.75) is 6.92 Å². The lowest BCUT2D eigenvalue weighted by Gasteiger charge is -2.16. The van der Waals surface area contributed by atoms with E-state index in [-0.39, 0.29) is 11.7 Å². The monoisotopic (exact) mass is 359 g/mol. The molecule has 0 spiro atoms. The maximum absolute atomic E-state index is 12.1. The molecule has 2 aromatic rings. The first kappa shape index (κ1) is 16.5. The van der Waals surface area contributed by atoms with Gasteiger partial charge in [0.05, 0.1) is 11.4 Å². The number of hydrogen-bond donors (Lipinski definition) is 1. The first-order valence-electron chi connectivity index (χ1n) is 7.20. The Hall–Kier alpha value is -2.31. The Morgan fingerprint density at radius 2 is 1.83 bits per heavy atom. The lowest BCUT2D eigenvalue weighted by Crippen LogP contribution is -2.30. The molecule has 1 heterocycles. The maximum Gasteiger partial charge on any atom is 0.347 e. The number of carbonyl (C=O) groups excluding carboxylic acids is 2. The van der Waals surface area contributed by atoms with Gasteiger partial charge in [-0.2, -0.15) is 4.99 Å². The van der Waals surface area contributed by atoms with Gasteiger partial charge in [-0.1, -0.05) is 41.1 Å². The predicted octanol–water partition coefficient (Wildman–Crippen LogP) is 4.32. The molecule has 0 unspecified atom stereocenters. The smallest absolute Gasteiger partial charge is 0.306 e. The zero-order valence-electron chi connectivity index (χ0n) is 12.8. The summed E-state index contributed by atoms with van der Waals surface area (Å²) in [6.07, 6.45) is 0. The molecule has 0 atom stereocenters. The first-order valence-corrected chi connectivity index (χ1v) is 8.57. The highest BCUT2D eigenvalue weighted by Crippen LogP contribution is 2.27. The summed E-state index contributed by atoms with van der Waals surface area (Å²) in [5.74, 6) is 0.169. The Balaban J connectivity index is 1.79. The summed E-state index contributed by atoms with van der Waals surface area (Å²) < 4.78 is 0. The third kappa shape index (κ3) is 3.77. The molecule has 2 aromatic carbocycles. The van der Waals surface area contributed by atoms with E-state index in [1.807, 2.05) is 31.2 Å². The summed E-state index contributed by atoms with van der Waals surface area (Å²) in [7, 11) is 0. The summed E-state index contributed by atoms with van der Waals surface area (Å²) in [4.78, 5) is 29.7. The molecule has 0 aromatic heterocycles. The van der Waals surface area contributed by atoms with Crippen molar-refractivity contribution in [3.8, 4) is 0 Å². The van der Waals surface area contributed by atoms with Crippen molar-refractivity contribution in [3.05, 3.63) is 59.1 Å². The fourth-order valence-electron chi connectivity index (χ4n) is 2.16. The molecule has 1 fully saturated rings. The lowest BCUT2D eigenvalue weighted by molar-refractivity contribution is -0.115. The number of rotatable bonds is 2. The number of halogens is 1. The number of thioether (sulfide) groups is 1. The summed E-state index contributed by atoms with van der Waals surface area (Å²) >= 11 is 7.06. The molecule has 0 saturated carbocycles. The van der Waals surface area contributed by atoms with Crippen LogP contribution in [-0.2, 0) is 4.79 Å². The van der Waals surface area contributed by atoms with Gasteiger partial charge in [0, 0.05) is 10.7 Å². The van der Waals surface area contributed by atoms with Crippen molar-refractivity contribution in [1.82, 2.24) is 0 Å². The van der Waals surface area contributed by atoms with Crippen LogP contribution in [0.5, 0.6) is 0 Å². The third-order valence-corrected chi connectivity index (χ3v) is 4.53. The van der Waals surface area contributed by atoms with E-state index in [1.54, 1.807) is 24.3 Å². The molecule has 3 rings (SSSR count). The minimum atomic E-state index is -0.536. The van der Waals surface area contributed by atoms with Gasteiger partial charge in [-0.05, 0) is 43.3 Å². The lowest BCUT2D eigenvalue weighted by atomic mass is 10.2. The van der Waals surface area contributed by atoms with Crippen molar-refractivity contribution in [2.24, 2.45) is 4.99 Å². The van der Waals surface area contributed by atoms with Gasteiger partial charge in [-0.25, -0.2) is 4.79 Å². The largest absolute Gasteiger partial charge is 0.347 e. The number of carbonyl (C=O) groups is 2. The van der Waals surface area contributed by atoms with Crippen LogP contribution in [0.1, 0.15) is 5.56 Å². The number of nitrogens with zero attached hydrogens (tertiary/aromatic N) is 2. The molecule has 5 nitrogen and oxygen atoms in total. The van der Waals surface area contributed by atoms with E-state index in [9.17, 15) is 9.59 Å². The average Bonchev–Trinajstić information content (AvgIpc) is 2.91. The van der Waals surface area contributed by atoms with Crippen LogP contribution in [-0.4, -0.2) is 22.9 Å². The fourth-order valence-corrected chi connectivity index (χ4v) is 3.16. The number of benzene rings is 2. The van der Waals surface area contributed by atoms with E-state index in [0.717, 1.165) is 5.56 Å². The van der Waals surface area contributed by atoms with Gasteiger partial charge >= 0.3 is 6.03 Å². The van der Waals surface area contributed by atoms with Crippen LogP contribution >= 0.6 is 23.4 Å². The van der Waals surface area contributed by atoms with Gasteiger partial charge in [-0.3, -0.25) is 9.69 Å². The molecule has 1 aliphatic heterocycles. The second-order valence-electron chi connectivity index (χ2n) is 5.18. The van der Waals surface area contributed by atoms with Crippen molar-refractivity contribution in [1.29, 1.82) is 0 Å². The zero-order valence-corrected chi connectivity index (χ0v) is 14.4. The molecular formula is C17H14ClN3O2S. The molecule has 24 heavy (non-hydrogen) atoms. The van der Waals surface area contributed by atoms with Gasteiger partial charge in [0.2, 0.25) is 5.91 Å². The minimum absolute atomic E-state index is 0.0955. The Morgan fingerprint density at radius 1 is 1.17 bits per heavy atom. The molecule has 0 radical (unpaired) electrons. The van der Waals surface area contributed by atoms with Crippen molar-refractivity contribution in [2.75, 3.05) is 16.0 Å². The summed E-state index contributed by atoms with van der Waals surface area (Å²) in [6, 6.07) is 13.7.